The summed E-state index contributed by atoms with van der Waals surface area (Å²) in [6, 6.07) is 4.78. The highest BCUT2D eigenvalue weighted by Gasteiger charge is 2.18. The number of piperazine rings is 1. The fraction of sp³-hybridized carbons (Fsp3) is 0.364. The summed E-state index contributed by atoms with van der Waals surface area (Å²) in [5.74, 6) is -0.133. The standard InChI is InChI=1S/C11H16N4O2/c12-11(13)15-5-3-14(4-6-15)8-1-2-9(16)10(17)7-8/h1-2,7,16-17H,3-6H2,(H3,12,13). The van der Waals surface area contributed by atoms with Gasteiger partial charge in [0, 0.05) is 37.9 Å². The van der Waals surface area contributed by atoms with Gasteiger partial charge in [0.15, 0.2) is 17.5 Å². The molecular formula is C11H16N4O2. The summed E-state index contributed by atoms with van der Waals surface area (Å²) in [4.78, 5) is 3.88. The van der Waals surface area contributed by atoms with Gasteiger partial charge in [0.25, 0.3) is 0 Å². The van der Waals surface area contributed by atoms with Crippen LogP contribution < -0.4 is 10.6 Å². The minimum Gasteiger partial charge on any atom is -0.504 e. The van der Waals surface area contributed by atoms with E-state index in [0.29, 0.717) is 13.1 Å². The summed E-state index contributed by atoms with van der Waals surface area (Å²) in [6.07, 6.45) is 0. The number of hydrogen-bond donors (Lipinski definition) is 4. The number of nitrogens with zero attached hydrogens (tertiary/aromatic N) is 2. The van der Waals surface area contributed by atoms with E-state index >= 15 is 0 Å². The summed E-state index contributed by atoms with van der Waals surface area (Å²) in [5.41, 5.74) is 6.28. The van der Waals surface area contributed by atoms with Gasteiger partial charge in [0.1, 0.15) is 0 Å². The van der Waals surface area contributed by atoms with Crippen molar-refractivity contribution in [2.24, 2.45) is 5.73 Å². The quantitative estimate of drug-likeness (QED) is 0.315. The van der Waals surface area contributed by atoms with Gasteiger partial charge in [-0.1, -0.05) is 0 Å². The predicted octanol–water partition coefficient (Wildman–Crippen LogP) is 0.113. The van der Waals surface area contributed by atoms with Crippen LogP contribution in [0.2, 0.25) is 0 Å². The van der Waals surface area contributed by atoms with E-state index in [2.05, 4.69) is 4.90 Å². The van der Waals surface area contributed by atoms with Gasteiger partial charge >= 0.3 is 0 Å². The van der Waals surface area contributed by atoms with Gasteiger partial charge in [-0.3, -0.25) is 5.41 Å². The van der Waals surface area contributed by atoms with Crippen LogP contribution in [0.15, 0.2) is 18.2 Å². The Balaban J connectivity index is 2.05. The number of phenolic OH excluding ortho intramolecular Hbond substituents is 2. The van der Waals surface area contributed by atoms with Crippen molar-refractivity contribution in [3.63, 3.8) is 0 Å². The molecule has 0 amide bonds. The molecule has 17 heavy (non-hydrogen) atoms. The van der Waals surface area contributed by atoms with Crippen LogP contribution in [0.25, 0.3) is 0 Å². The molecule has 1 aromatic carbocycles. The summed E-state index contributed by atoms with van der Waals surface area (Å²) in [5, 5.41) is 26.0. The lowest BCUT2D eigenvalue weighted by Gasteiger charge is -2.36. The number of aromatic hydroxyl groups is 2. The largest absolute Gasteiger partial charge is 0.504 e. The summed E-state index contributed by atoms with van der Waals surface area (Å²) in [6.45, 7) is 2.86. The van der Waals surface area contributed by atoms with Crippen LogP contribution in [0.5, 0.6) is 11.5 Å². The van der Waals surface area contributed by atoms with Crippen molar-refractivity contribution in [2.75, 3.05) is 31.1 Å². The van der Waals surface area contributed by atoms with Crippen molar-refractivity contribution in [3.8, 4) is 11.5 Å². The van der Waals surface area contributed by atoms with Gasteiger partial charge in [-0.15, -0.1) is 0 Å². The summed E-state index contributed by atoms with van der Waals surface area (Å²) in [7, 11) is 0. The van der Waals surface area contributed by atoms with E-state index in [4.69, 9.17) is 11.1 Å². The number of guanidine groups is 1. The fourth-order valence-corrected chi connectivity index (χ4v) is 1.91. The molecular weight excluding hydrogens is 220 g/mol. The minimum absolute atomic E-state index is 0.0956. The van der Waals surface area contributed by atoms with Crippen LogP contribution in [-0.2, 0) is 0 Å². The number of rotatable bonds is 1. The smallest absolute Gasteiger partial charge is 0.188 e. The maximum atomic E-state index is 9.43. The molecule has 0 radical (unpaired) electrons. The number of nitrogens with two attached hydrogens (primary N) is 1. The van der Waals surface area contributed by atoms with Crippen LogP contribution >= 0.6 is 0 Å². The van der Waals surface area contributed by atoms with Crippen LogP contribution in [0.4, 0.5) is 5.69 Å². The van der Waals surface area contributed by atoms with Crippen molar-refractivity contribution in [2.45, 2.75) is 0 Å². The number of phenols is 2. The van der Waals surface area contributed by atoms with E-state index < -0.39 is 0 Å². The lowest BCUT2D eigenvalue weighted by Crippen LogP contribution is -2.50. The second kappa shape index (κ2) is 4.40. The van der Waals surface area contributed by atoms with Crippen molar-refractivity contribution >= 4 is 11.6 Å². The molecule has 6 nitrogen and oxygen atoms in total. The molecule has 0 atom stereocenters. The average Bonchev–Trinajstić information content (AvgIpc) is 2.33. The van der Waals surface area contributed by atoms with Crippen molar-refractivity contribution < 1.29 is 10.2 Å². The van der Waals surface area contributed by atoms with Gasteiger partial charge < -0.3 is 25.7 Å². The fourth-order valence-electron chi connectivity index (χ4n) is 1.91. The first-order valence-electron chi connectivity index (χ1n) is 5.44. The average molecular weight is 236 g/mol. The number of anilines is 1. The predicted molar refractivity (Wildman–Crippen MR) is 65.5 cm³/mol. The molecule has 1 aliphatic heterocycles. The third kappa shape index (κ3) is 2.35. The van der Waals surface area contributed by atoms with Gasteiger partial charge in [-0.2, -0.15) is 0 Å². The Hall–Kier alpha value is -2.11. The molecule has 0 saturated carbocycles. The Bertz CT molecular complexity index is 427. The Morgan fingerprint density at radius 3 is 2.29 bits per heavy atom. The van der Waals surface area contributed by atoms with Crippen molar-refractivity contribution in [3.05, 3.63) is 18.2 Å². The maximum Gasteiger partial charge on any atom is 0.188 e. The van der Waals surface area contributed by atoms with Gasteiger partial charge in [0.05, 0.1) is 0 Å². The maximum absolute atomic E-state index is 9.43. The molecule has 0 bridgehead atoms. The Morgan fingerprint density at radius 2 is 1.76 bits per heavy atom. The normalized spacial score (nSPS) is 16.0. The molecule has 1 aliphatic rings. The second-order valence-electron chi connectivity index (χ2n) is 4.03. The first-order valence-corrected chi connectivity index (χ1v) is 5.44. The first kappa shape index (κ1) is 11.4. The molecule has 5 N–H and O–H groups in total. The molecule has 1 fully saturated rings. The van der Waals surface area contributed by atoms with Gasteiger partial charge in [-0.05, 0) is 12.1 Å². The molecule has 92 valence electrons. The molecule has 1 saturated heterocycles. The van der Waals surface area contributed by atoms with Crippen LogP contribution in [0.1, 0.15) is 0 Å². The van der Waals surface area contributed by atoms with E-state index in [-0.39, 0.29) is 17.5 Å². The molecule has 1 aromatic rings. The lowest BCUT2D eigenvalue weighted by molar-refractivity contribution is 0.378. The topological polar surface area (TPSA) is 96.8 Å². The highest BCUT2D eigenvalue weighted by Crippen LogP contribution is 2.29. The second-order valence-corrected chi connectivity index (χ2v) is 4.03. The van der Waals surface area contributed by atoms with E-state index in [1.165, 1.54) is 6.07 Å². The van der Waals surface area contributed by atoms with E-state index in [1.807, 2.05) is 0 Å². The SMILES string of the molecule is N=C(N)N1CCN(c2ccc(O)c(O)c2)CC1. The summed E-state index contributed by atoms with van der Waals surface area (Å²) >= 11 is 0. The highest BCUT2D eigenvalue weighted by atomic mass is 16.3. The Morgan fingerprint density at radius 1 is 1.12 bits per heavy atom. The minimum atomic E-state index is -0.115. The first-order chi connectivity index (χ1) is 8.08. The van der Waals surface area contributed by atoms with E-state index in [9.17, 15) is 10.2 Å². The number of benzene rings is 1. The van der Waals surface area contributed by atoms with Crippen LogP contribution in [0, 0.1) is 5.41 Å². The lowest BCUT2D eigenvalue weighted by atomic mass is 10.2. The molecule has 2 rings (SSSR count). The van der Waals surface area contributed by atoms with Gasteiger partial charge in [0.2, 0.25) is 0 Å². The van der Waals surface area contributed by atoms with Crippen LogP contribution in [0.3, 0.4) is 0 Å². The number of nitrogens with one attached hydrogen (secondary N) is 1. The van der Waals surface area contributed by atoms with E-state index in [1.54, 1.807) is 17.0 Å². The molecule has 0 aliphatic carbocycles. The monoisotopic (exact) mass is 236 g/mol. The molecule has 6 heteroatoms. The van der Waals surface area contributed by atoms with Crippen molar-refractivity contribution in [1.29, 1.82) is 5.41 Å². The van der Waals surface area contributed by atoms with Crippen molar-refractivity contribution in [1.82, 2.24) is 4.90 Å². The zero-order valence-electron chi connectivity index (χ0n) is 9.43. The van der Waals surface area contributed by atoms with Gasteiger partial charge in [-0.25, -0.2) is 0 Å². The Labute approximate surface area is 99.4 Å². The third-order valence-corrected chi connectivity index (χ3v) is 2.94. The molecule has 0 unspecified atom stereocenters. The molecule has 0 aromatic heterocycles. The van der Waals surface area contributed by atoms with E-state index in [0.717, 1.165) is 18.8 Å². The zero-order valence-corrected chi connectivity index (χ0v) is 9.43. The Kier molecular flexibility index (Phi) is 2.95. The highest BCUT2D eigenvalue weighted by molar-refractivity contribution is 5.75. The number of hydrogen-bond acceptors (Lipinski definition) is 4. The van der Waals surface area contributed by atoms with Crippen LogP contribution in [-0.4, -0.2) is 47.3 Å². The third-order valence-electron chi connectivity index (χ3n) is 2.94. The zero-order chi connectivity index (χ0) is 12.4. The molecule has 1 heterocycles. The molecule has 0 spiro atoms. The summed E-state index contributed by atoms with van der Waals surface area (Å²) < 4.78 is 0.